The fourth-order valence-electron chi connectivity index (χ4n) is 11.0. The van der Waals surface area contributed by atoms with Gasteiger partial charge in [-0.25, -0.2) is 4.57 Å². The Morgan fingerprint density at radius 1 is 1.06 bits per heavy atom. The van der Waals surface area contributed by atoms with Gasteiger partial charge in [-0.15, -0.1) is 0 Å². The Hall–Kier alpha value is -4.53. The second-order valence-electron chi connectivity index (χ2n) is 17.7. The van der Waals surface area contributed by atoms with Crippen molar-refractivity contribution in [2.75, 3.05) is 23.8 Å². The molecule has 0 bridgehead atoms. The minimum absolute atomic E-state index is 0.0390. The molecule has 65 heavy (non-hydrogen) atoms. The first-order chi connectivity index (χ1) is 30.5. The molecule has 2 aromatic carbocycles. The molecule has 0 unspecified atom stereocenters. The number of aliphatic hydroxyl groups is 1. The first-order valence-electron chi connectivity index (χ1n) is 20.9. The summed E-state index contributed by atoms with van der Waals surface area (Å²) in [5.74, 6) is -8.77. The van der Waals surface area contributed by atoms with Crippen LogP contribution < -0.4 is 16.0 Å². The molecule has 1 aliphatic heterocycles. The number of carboxylic acid groups (broad SMARTS) is 1. The molecule has 3 amide bonds. The standard InChI is InChI=1S/C44H49BrF2N3O14P/c1-41-15-14-28(51)17-25(41)10-11-29-30-18-34-43(33(53)22-62-65(59,60)61,42(30,2)19-32(52)38(29)41)64-40(63-34)23-6-8-24(9-7-23)44(46,47)26-4-3-5-27(16-26)49-39(58)31(12-13-37(56)57)50-36(55)21-48-35(54)20-45/h3-9,14-17,29-32,34,38,40,52H,10-13,18-22H2,1-2H3,(H,48,54)(H,49,58)(H,50,55)(H,56,57)(H2,59,60,61)/t29-,30-,31-,32-,34+,38+,40+,41-,42-,43+/m0/s1. The Morgan fingerprint density at radius 3 is 2.46 bits per heavy atom. The molecule has 1 saturated heterocycles. The van der Waals surface area contributed by atoms with Gasteiger partial charge in [0.25, 0.3) is 5.92 Å². The summed E-state index contributed by atoms with van der Waals surface area (Å²) in [5.41, 5.74) is -3.57. The van der Waals surface area contributed by atoms with Gasteiger partial charge >= 0.3 is 13.8 Å². The first-order valence-corrected chi connectivity index (χ1v) is 23.6. The summed E-state index contributed by atoms with van der Waals surface area (Å²) in [6.07, 6.45) is 2.34. The van der Waals surface area contributed by atoms with Crippen molar-refractivity contribution in [2.24, 2.45) is 28.6 Å². The number of carbonyl (C=O) groups is 6. The molecule has 17 nitrogen and oxygen atoms in total. The maximum absolute atomic E-state index is 16.2. The number of benzene rings is 2. The van der Waals surface area contributed by atoms with Gasteiger partial charge < -0.3 is 45.4 Å². The highest BCUT2D eigenvalue weighted by molar-refractivity contribution is 9.09. The largest absolute Gasteiger partial charge is 0.481 e. The molecule has 4 fully saturated rings. The summed E-state index contributed by atoms with van der Waals surface area (Å²) in [5, 5.41) is 28.2. The van der Waals surface area contributed by atoms with Crippen LogP contribution >= 0.6 is 23.8 Å². The van der Waals surface area contributed by atoms with Crippen molar-refractivity contribution in [2.45, 2.75) is 88.4 Å². The molecule has 350 valence electrons. The number of aliphatic carboxylic acids is 1. The van der Waals surface area contributed by atoms with E-state index in [1.165, 1.54) is 30.3 Å². The average molecular weight is 993 g/mol. The molecule has 4 aliphatic carbocycles. The van der Waals surface area contributed by atoms with Crippen molar-refractivity contribution in [1.29, 1.82) is 0 Å². The van der Waals surface area contributed by atoms with Gasteiger partial charge in [0.15, 0.2) is 23.5 Å². The topological polar surface area (TPSA) is 264 Å². The SMILES string of the molecule is C[C@]12C=CC(=O)C=C1CC[C@@H]1[C@@H]2[C@@H](O)C[C@@]2(C)[C@H]1C[C@H]1O[C@@H](c3ccc(C(F)(F)c4cccc(NC(=O)[C@H](CCC(=O)O)NC(=O)CNC(=O)CBr)c4)cc3)O[C@]12C(=O)COP(=O)(O)O. The fourth-order valence-corrected chi connectivity index (χ4v) is 11.5. The predicted octanol–water partition coefficient (Wildman–Crippen LogP) is 4.35. The van der Waals surface area contributed by atoms with E-state index >= 15 is 8.78 Å². The van der Waals surface area contributed by atoms with Gasteiger partial charge in [0.2, 0.25) is 17.7 Å². The number of hydrogen-bond donors (Lipinski definition) is 7. The third kappa shape index (κ3) is 9.28. The van der Waals surface area contributed by atoms with Crippen LogP contribution in [0.25, 0.3) is 0 Å². The zero-order valence-electron chi connectivity index (χ0n) is 35.2. The van der Waals surface area contributed by atoms with Crippen LogP contribution in [0.2, 0.25) is 0 Å². The Labute approximate surface area is 380 Å². The Morgan fingerprint density at radius 2 is 1.78 bits per heavy atom. The Kier molecular flexibility index (Phi) is 13.6. The number of fused-ring (bicyclic) bond motifs is 7. The van der Waals surface area contributed by atoms with Crippen molar-refractivity contribution >= 4 is 64.7 Å². The molecule has 0 spiro atoms. The summed E-state index contributed by atoms with van der Waals surface area (Å²) >= 11 is 2.94. The van der Waals surface area contributed by atoms with Crippen LogP contribution in [0.1, 0.15) is 75.4 Å². The molecule has 5 aliphatic rings. The average Bonchev–Trinajstić information content (AvgIpc) is 3.76. The van der Waals surface area contributed by atoms with Crippen LogP contribution in [0.5, 0.6) is 0 Å². The van der Waals surface area contributed by atoms with Gasteiger partial charge in [-0.05, 0) is 68.2 Å². The van der Waals surface area contributed by atoms with Crippen LogP contribution in [0.4, 0.5) is 14.5 Å². The summed E-state index contributed by atoms with van der Waals surface area (Å²) in [6, 6.07) is 8.30. The van der Waals surface area contributed by atoms with E-state index in [0.29, 0.717) is 12.8 Å². The molecule has 21 heteroatoms. The maximum Gasteiger partial charge on any atom is 0.470 e. The second kappa shape index (κ2) is 18.3. The molecular formula is C44H49BrF2N3O14P. The number of carbonyl (C=O) groups excluding carboxylic acids is 5. The number of allylic oxidation sites excluding steroid dienone is 4. The Bertz CT molecular complexity index is 2380. The third-order valence-electron chi connectivity index (χ3n) is 13.9. The number of aliphatic hydroxyl groups excluding tert-OH is 1. The van der Waals surface area contributed by atoms with Gasteiger partial charge in [-0.2, -0.15) is 8.78 Å². The van der Waals surface area contributed by atoms with Crippen molar-refractivity contribution in [1.82, 2.24) is 10.6 Å². The summed E-state index contributed by atoms with van der Waals surface area (Å²) in [6.45, 7) is 2.26. The maximum atomic E-state index is 16.2. The highest BCUT2D eigenvalue weighted by Crippen LogP contribution is 2.70. The van der Waals surface area contributed by atoms with Gasteiger partial charge in [-0.3, -0.25) is 33.3 Å². The monoisotopic (exact) mass is 991 g/mol. The van der Waals surface area contributed by atoms with E-state index in [2.05, 4.69) is 31.9 Å². The van der Waals surface area contributed by atoms with E-state index in [0.717, 1.165) is 29.8 Å². The highest BCUT2D eigenvalue weighted by atomic mass is 79.9. The summed E-state index contributed by atoms with van der Waals surface area (Å²) in [7, 11) is -5.12. The number of alkyl halides is 3. The van der Waals surface area contributed by atoms with Gasteiger partial charge in [-0.1, -0.05) is 77.8 Å². The minimum Gasteiger partial charge on any atom is -0.481 e. The van der Waals surface area contributed by atoms with E-state index in [1.54, 1.807) is 13.0 Å². The molecule has 2 aromatic rings. The normalized spacial score (nSPS) is 30.8. The third-order valence-corrected chi connectivity index (χ3v) is 14.9. The van der Waals surface area contributed by atoms with Gasteiger partial charge in [0.05, 0.1) is 24.1 Å². The molecular weight excluding hydrogens is 943 g/mol. The number of anilines is 1. The predicted molar refractivity (Wildman–Crippen MR) is 228 cm³/mol. The van der Waals surface area contributed by atoms with Gasteiger partial charge in [0, 0.05) is 45.5 Å². The number of ketones is 2. The number of amides is 3. The number of Topliss-reactive ketones (excluding diaryl/α,β-unsaturated/α-hetero) is 1. The number of carboxylic acids is 1. The number of rotatable bonds is 16. The number of halogens is 3. The minimum atomic E-state index is -5.12. The number of nitrogens with one attached hydrogen (secondary N) is 3. The zero-order chi connectivity index (χ0) is 47.3. The Balaban J connectivity index is 1.10. The van der Waals surface area contributed by atoms with Crippen molar-refractivity contribution in [3.05, 3.63) is 89.0 Å². The number of ether oxygens (including phenoxy) is 2. The molecule has 1 heterocycles. The fraction of sp³-hybridized carbons (Fsp3) is 0.500. The summed E-state index contributed by atoms with van der Waals surface area (Å²) < 4.78 is 62.0. The van der Waals surface area contributed by atoms with E-state index in [-0.39, 0.29) is 59.4 Å². The van der Waals surface area contributed by atoms with Crippen LogP contribution in [0.3, 0.4) is 0 Å². The van der Waals surface area contributed by atoms with E-state index in [4.69, 9.17) is 14.0 Å². The highest BCUT2D eigenvalue weighted by Gasteiger charge is 2.76. The zero-order valence-corrected chi connectivity index (χ0v) is 37.7. The van der Waals surface area contributed by atoms with Crippen LogP contribution in [-0.4, -0.2) is 97.6 Å². The van der Waals surface area contributed by atoms with E-state index in [9.17, 15) is 53.3 Å². The molecule has 3 saturated carbocycles. The lowest BCUT2D eigenvalue weighted by Gasteiger charge is -2.59. The van der Waals surface area contributed by atoms with Gasteiger partial charge in [0.1, 0.15) is 12.6 Å². The second-order valence-corrected chi connectivity index (χ2v) is 19.5. The molecule has 0 aromatic heterocycles. The van der Waals surface area contributed by atoms with Crippen molar-refractivity contribution in [3.8, 4) is 0 Å². The number of phosphoric ester groups is 1. The van der Waals surface area contributed by atoms with Crippen molar-refractivity contribution < 1.29 is 76.1 Å². The smallest absolute Gasteiger partial charge is 0.470 e. The molecule has 10 atom stereocenters. The van der Waals surface area contributed by atoms with Crippen molar-refractivity contribution in [3.63, 3.8) is 0 Å². The molecule has 0 radical (unpaired) electrons. The van der Waals surface area contributed by atoms with E-state index in [1.807, 2.05) is 13.0 Å². The quantitative estimate of drug-likeness (QED) is 0.0912. The lowest BCUT2D eigenvalue weighted by Crippen LogP contribution is -2.63. The number of hydrogen-bond acceptors (Lipinski definition) is 11. The lowest BCUT2D eigenvalue weighted by atomic mass is 9.46. The van der Waals surface area contributed by atoms with Crippen LogP contribution in [0, 0.1) is 28.6 Å². The molecule has 7 N–H and O–H groups in total. The first kappa shape index (κ1) is 48.4. The lowest BCUT2D eigenvalue weighted by molar-refractivity contribution is -0.200. The number of phosphoric acid groups is 1. The van der Waals surface area contributed by atoms with Crippen LogP contribution in [0.15, 0.2) is 72.3 Å². The summed E-state index contributed by atoms with van der Waals surface area (Å²) in [4.78, 5) is 94.2. The molecule has 7 rings (SSSR count). The van der Waals surface area contributed by atoms with E-state index < -0.39 is 115 Å². The van der Waals surface area contributed by atoms with Crippen LogP contribution in [-0.2, 0) is 53.3 Å².